The van der Waals surface area contributed by atoms with Gasteiger partial charge in [0.15, 0.2) is 0 Å². The summed E-state index contributed by atoms with van der Waals surface area (Å²) in [6.07, 6.45) is 1.41. The Bertz CT molecular complexity index is 755. The summed E-state index contributed by atoms with van der Waals surface area (Å²) in [7, 11) is 0. The van der Waals surface area contributed by atoms with E-state index < -0.39 is 6.61 Å². The van der Waals surface area contributed by atoms with Crippen molar-refractivity contribution < 1.29 is 18.3 Å². The summed E-state index contributed by atoms with van der Waals surface area (Å²) in [4.78, 5) is 14.7. The minimum Gasteiger partial charge on any atom is -0.435 e. The average molecular weight is 374 g/mol. The van der Waals surface area contributed by atoms with Crippen LogP contribution in [-0.4, -0.2) is 37.1 Å². The lowest BCUT2D eigenvalue weighted by molar-refractivity contribution is -0.132. The molecule has 1 amide bonds. The summed E-state index contributed by atoms with van der Waals surface area (Å²) in [5, 5.41) is 0. The van der Waals surface area contributed by atoms with Gasteiger partial charge in [-0.25, -0.2) is 0 Å². The fraction of sp³-hybridized carbons (Fsp3) is 0.381. The molecule has 2 N–H and O–H groups in total. The third-order valence-corrected chi connectivity index (χ3v) is 4.87. The van der Waals surface area contributed by atoms with Crippen LogP contribution in [0.5, 0.6) is 5.75 Å². The van der Waals surface area contributed by atoms with E-state index in [9.17, 15) is 13.6 Å². The van der Waals surface area contributed by atoms with Gasteiger partial charge in [-0.2, -0.15) is 8.78 Å². The van der Waals surface area contributed by atoms with Crippen molar-refractivity contribution in [3.63, 3.8) is 0 Å². The Morgan fingerprint density at radius 2 is 1.81 bits per heavy atom. The van der Waals surface area contributed by atoms with Crippen LogP contribution in [0.15, 0.2) is 54.6 Å². The molecule has 3 rings (SSSR count). The van der Waals surface area contributed by atoms with Crippen LogP contribution in [0.3, 0.4) is 0 Å². The Morgan fingerprint density at radius 3 is 2.52 bits per heavy atom. The van der Waals surface area contributed by atoms with E-state index in [1.807, 2.05) is 30.3 Å². The van der Waals surface area contributed by atoms with Crippen LogP contribution in [-0.2, 0) is 11.2 Å². The highest BCUT2D eigenvalue weighted by Gasteiger charge is 2.46. The zero-order valence-electron chi connectivity index (χ0n) is 15.1. The molecule has 1 aliphatic carbocycles. The van der Waals surface area contributed by atoms with Gasteiger partial charge in [-0.05, 0) is 36.0 Å². The predicted molar refractivity (Wildman–Crippen MR) is 99.7 cm³/mol. The Kier molecular flexibility index (Phi) is 6.40. The van der Waals surface area contributed by atoms with E-state index in [0.717, 1.165) is 12.0 Å². The van der Waals surface area contributed by atoms with Crippen molar-refractivity contribution >= 4 is 5.91 Å². The normalized spacial score (nSPS) is 18.4. The quantitative estimate of drug-likeness (QED) is 0.732. The Morgan fingerprint density at radius 1 is 1.11 bits per heavy atom. The minimum atomic E-state index is -2.88. The molecule has 0 aliphatic heterocycles. The molecule has 27 heavy (non-hydrogen) atoms. The van der Waals surface area contributed by atoms with Gasteiger partial charge in [0.2, 0.25) is 5.91 Å². The second kappa shape index (κ2) is 8.95. The third-order valence-electron chi connectivity index (χ3n) is 4.87. The zero-order valence-corrected chi connectivity index (χ0v) is 15.1. The summed E-state index contributed by atoms with van der Waals surface area (Å²) in [5.41, 5.74) is 7.52. The highest BCUT2D eigenvalue weighted by atomic mass is 19.3. The number of carbonyl (C=O) groups is 1. The Hall–Kier alpha value is -2.47. The molecule has 2 aromatic carbocycles. The van der Waals surface area contributed by atoms with Gasteiger partial charge in [-0.1, -0.05) is 48.5 Å². The van der Waals surface area contributed by atoms with Gasteiger partial charge in [0.05, 0.1) is 0 Å². The van der Waals surface area contributed by atoms with Gasteiger partial charge in [0.1, 0.15) is 5.75 Å². The van der Waals surface area contributed by atoms with E-state index >= 15 is 0 Å². The summed E-state index contributed by atoms with van der Waals surface area (Å²) in [6, 6.07) is 16.7. The molecule has 2 atom stereocenters. The molecule has 0 aromatic heterocycles. The van der Waals surface area contributed by atoms with Crippen molar-refractivity contribution in [3.8, 4) is 5.75 Å². The molecule has 0 bridgehead atoms. The van der Waals surface area contributed by atoms with Crippen molar-refractivity contribution in [2.24, 2.45) is 11.7 Å². The van der Waals surface area contributed by atoms with Crippen LogP contribution >= 0.6 is 0 Å². The van der Waals surface area contributed by atoms with Gasteiger partial charge < -0.3 is 15.4 Å². The Balaban J connectivity index is 1.64. The number of nitrogens with two attached hydrogens (primary N) is 1. The summed E-state index contributed by atoms with van der Waals surface area (Å²) >= 11 is 0. The van der Waals surface area contributed by atoms with Crippen molar-refractivity contribution in [2.75, 3.05) is 19.6 Å². The lowest BCUT2D eigenvalue weighted by Crippen LogP contribution is -2.38. The first-order valence-electron chi connectivity index (χ1n) is 9.16. The molecule has 2 aromatic rings. The largest absolute Gasteiger partial charge is 0.435 e. The molecule has 0 heterocycles. The average Bonchev–Trinajstić information content (AvgIpc) is 3.46. The number of ether oxygens (including phenoxy) is 1. The molecule has 1 aliphatic rings. The number of benzene rings is 2. The first-order chi connectivity index (χ1) is 13.1. The number of para-hydroxylation sites is 1. The van der Waals surface area contributed by atoms with Crippen molar-refractivity contribution in [2.45, 2.75) is 25.4 Å². The van der Waals surface area contributed by atoms with Gasteiger partial charge >= 0.3 is 6.61 Å². The number of hydrogen-bond donors (Lipinski definition) is 1. The topological polar surface area (TPSA) is 55.6 Å². The number of carbonyl (C=O) groups excluding carboxylic acids is 1. The molecule has 1 saturated carbocycles. The van der Waals surface area contributed by atoms with Crippen molar-refractivity contribution in [1.29, 1.82) is 0 Å². The van der Waals surface area contributed by atoms with Gasteiger partial charge in [0, 0.05) is 25.6 Å². The molecule has 0 radical (unpaired) electrons. The second-order valence-electron chi connectivity index (χ2n) is 6.71. The van der Waals surface area contributed by atoms with Crippen LogP contribution < -0.4 is 10.5 Å². The maximum atomic E-state index is 12.9. The Labute approximate surface area is 157 Å². The maximum absolute atomic E-state index is 12.9. The number of nitrogens with zero attached hydrogens (tertiary/aromatic N) is 1. The summed E-state index contributed by atoms with van der Waals surface area (Å²) in [6.45, 7) is -1.40. The van der Waals surface area contributed by atoms with E-state index in [-0.39, 0.29) is 23.5 Å². The fourth-order valence-corrected chi connectivity index (χ4v) is 3.43. The monoisotopic (exact) mass is 374 g/mol. The number of halogens is 2. The minimum absolute atomic E-state index is 0.0354. The van der Waals surface area contributed by atoms with Gasteiger partial charge in [-0.3, -0.25) is 4.79 Å². The lowest BCUT2D eigenvalue weighted by Gasteiger charge is -2.22. The smallest absolute Gasteiger partial charge is 0.387 e. The molecule has 1 fully saturated rings. The predicted octanol–water partition coefficient (Wildman–Crippen LogP) is 3.42. The molecule has 2 unspecified atom stereocenters. The zero-order chi connectivity index (χ0) is 19.2. The molecule has 4 nitrogen and oxygen atoms in total. The number of rotatable bonds is 9. The number of alkyl halides is 2. The van der Waals surface area contributed by atoms with E-state index in [1.165, 1.54) is 6.07 Å². The van der Waals surface area contributed by atoms with Crippen LogP contribution in [0.2, 0.25) is 0 Å². The van der Waals surface area contributed by atoms with Crippen LogP contribution in [0.25, 0.3) is 0 Å². The van der Waals surface area contributed by atoms with Gasteiger partial charge in [-0.15, -0.1) is 0 Å². The van der Waals surface area contributed by atoms with E-state index in [4.69, 9.17) is 5.73 Å². The molecular formula is C21H24F2N2O2. The SMILES string of the molecule is NCCN(CCc1ccccc1)C(=O)C1CC1c1ccccc1OC(F)F. The third kappa shape index (κ3) is 5.04. The summed E-state index contributed by atoms with van der Waals surface area (Å²) < 4.78 is 29.8. The van der Waals surface area contributed by atoms with Crippen LogP contribution in [0.4, 0.5) is 8.78 Å². The van der Waals surface area contributed by atoms with E-state index in [2.05, 4.69) is 4.74 Å². The molecule has 144 valence electrons. The molecule has 0 saturated heterocycles. The fourth-order valence-electron chi connectivity index (χ4n) is 3.43. The first-order valence-corrected chi connectivity index (χ1v) is 9.16. The first kappa shape index (κ1) is 19.3. The lowest BCUT2D eigenvalue weighted by atomic mass is 10.1. The van der Waals surface area contributed by atoms with E-state index in [0.29, 0.717) is 31.6 Å². The molecule has 0 spiro atoms. The van der Waals surface area contributed by atoms with Gasteiger partial charge in [0.25, 0.3) is 0 Å². The summed E-state index contributed by atoms with van der Waals surface area (Å²) in [5.74, 6) is -0.0881. The number of hydrogen-bond acceptors (Lipinski definition) is 3. The standard InChI is InChI=1S/C21H24F2N2O2/c22-21(23)27-19-9-5-4-8-16(19)17-14-18(17)20(26)25(13-11-24)12-10-15-6-2-1-3-7-15/h1-9,17-18,21H,10-14,24H2. The number of amides is 1. The molecular weight excluding hydrogens is 350 g/mol. The maximum Gasteiger partial charge on any atom is 0.387 e. The highest BCUT2D eigenvalue weighted by Crippen LogP contribution is 2.51. The van der Waals surface area contributed by atoms with Crippen LogP contribution in [0.1, 0.15) is 23.5 Å². The van der Waals surface area contributed by atoms with E-state index in [1.54, 1.807) is 23.1 Å². The van der Waals surface area contributed by atoms with Crippen molar-refractivity contribution in [1.82, 2.24) is 4.90 Å². The highest BCUT2D eigenvalue weighted by molar-refractivity contribution is 5.83. The molecule has 6 heteroatoms. The van der Waals surface area contributed by atoms with Crippen LogP contribution in [0, 0.1) is 5.92 Å². The van der Waals surface area contributed by atoms with Crippen molar-refractivity contribution in [3.05, 3.63) is 65.7 Å². The second-order valence-corrected chi connectivity index (χ2v) is 6.71.